The molecule has 4 rings (SSSR count). The standard InChI is InChI=1S/C18H15N3/c1-18(2)15-6-4-3-5-13(15)14-9-12(7-8-16(14)18)17-20-10-19-11-21-17/h3-11H,1-2H3. The predicted molar refractivity (Wildman–Crippen MR) is 82.8 cm³/mol. The van der Waals surface area contributed by atoms with Crippen molar-refractivity contribution in [1.82, 2.24) is 15.0 Å². The van der Waals surface area contributed by atoms with Crippen LogP contribution in [0.4, 0.5) is 0 Å². The minimum absolute atomic E-state index is 0.0452. The molecule has 0 N–H and O–H groups in total. The first kappa shape index (κ1) is 12.2. The number of aromatic nitrogens is 3. The molecule has 0 fully saturated rings. The van der Waals surface area contributed by atoms with E-state index in [9.17, 15) is 0 Å². The largest absolute Gasteiger partial charge is 0.225 e. The van der Waals surface area contributed by atoms with Gasteiger partial charge in [-0.05, 0) is 28.3 Å². The van der Waals surface area contributed by atoms with Gasteiger partial charge in [0, 0.05) is 11.0 Å². The quantitative estimate of drug-likeness (QED) is 0.676. The molecule has 0 amide bonds. The molecule has 1 aliphatic rings. The molecule has 102 valence electrons. The van der Waals surface area contributed by atoms with E-state index < -0.39 is 0 Å². The van der Waals surface area contributed by atoms with Gasteiger partial charge in [0.1, 0.15) is 12.7 Å². The van der Waals surface area contributed by atoms with E-state index in [1.165, 1.54) is 34.9 Å². The van der Waals surface area contributed by atoms with Gasteiger partial charge in [-0.15, -0.1) is 0 Å². The lowest BCUT2D eigenvalue weighted by molar-refractivity contribution is 0.660. The molecule has 0 atom stereocenters. The first-order valence-corrected chi connectivity index (χ1v) is 7.05. The van der Waals surface area contributed by atoms with Crippen LogP contribution in [0.5, 0.6) is 0 Å². The molecule has 0 aliphatic heterocycles. The van der Waals surface area contributed by atoms with Crippen LogP contribution in [-0.4, -0.2) is 15.0 Å². The number of fused-ring (bicyclic) bond motifs is 3. The Morgan fingerprint density at radius 2 is 1.52 bits per heavy atom. The van der Waals surface area contributed by atoms with E-state index in [4.69, 9.17) is 0 Å². The van der Waals surface area contributed by atoms with Crippen LogP contribution < -0.4 is 0 Å². The summed E-state index contributed by atoms with van der Waals surface area (Å²) >= 11 is 0. The maximum atomic E-state index is 4.24. The Kier molecular flexibility index (Phi) is 2.45. The second kappa shape index (κ2) is 4.22. The van der Waals surface area contributed by atoms with Gasteiger partial charge in [-0.25, -0.2) is 15.0 Å². The highest BCUT2D eigenvalue weighted by atomic mass is 15.0. The average Bonchev–Trinajstić information content (AvgIpc) is 2.77. The minimum Gasteiger partial charge on any atom is -0.225 e. The third-order valence-corrected chi connectivity index (χ3v) is 4.34. The Morgan fingerprint density at radius 3 is 2.33 bits per heavy atom. The highest BCUT2D eigenvalue weighted by molar-refractivity contribution is 5.83. The van der Waals surface area contributed by atoms with Gasteiger partial charge >= 0.3 is 0 Å². The highest BCUT2D eigenvalue weighted by Gasteiger charge is 2.35. The summed E-state index contributed by atoms with van der Waals surface area (Å²) in [5.74, 6) is 0.718. The van der Waals surface area contributed by atoms with Crippen LogP contribution in [0.2, 0.25) is 0 Å². The Balaban J connectivity index is 1.96. The molecule has 0 radical (unpaired) electrons. The maximum absolute atomic E-state index is 4.24. The van der Waals surface area contributed by atoms with Crippen molar-refractivity contribution >= 4 is 0 Å². The number of nitrogens with zero attached hydrogens (tertiary/aromatic N) is 3. The molecule has 1 aliphatic carbocycles. The van der Waals surface area contributed by atoms with Crippen LogP contribution >= 0.6 is 0 Å². The normalized spacial score (nSPS) is 14.6. The van der Waals surface area contributed by atoms with E-state index >= 15 is 0 Å². The topological polar surface area (TPSA) is 38.7 Å². The first-order chi connectivity index (χ1) is 10.2. The van der Waals surface area contributed by atoms with Gasteiger partial charge < -0.3 is 0 Å². The van der Waals surface area contributed by atoms with Crippen molar-refractivity contribution in [3.63, 3.8) is 0 Å². The SMILES string of the molecule is CC1(C)c2ccccc2-c2cc(-c3ncncn3)ccc21. The van der Waals surface area contributed by atoms with Gasteiger partial charge in [0.25, 0.3) is 0 Å². The van der Waals surface area contributed by atoms with E-state index in [2.05, 4.69) is 71.3 Å². The first-order valence-electron chi connectivity index (χ1n) is 7.05. The second-order valence-corrected chi connectivity index (χ2v) is 5.89. The Bertz CT molecular complexity index is 823. The molecule has 3 aromatic rings. The van der Waals surface area contributed by atoms with Gasteiger partial charge in [-0.2, -0.15) is 0 Å². The summed E-state index contributed by atoms with van der Waals surface area (Å²) in [5, 5.41) is 0. The van der Waals surface area contributed by atoms with Crippen molar-refractivity contribution in [2.75, 3.05) is 0 Å². The van der Waals surface area contributed by atoms with Crippen LogP contribution in [0.15, 0.2) is 55.1 Å². The van der Waals surface area contributed by atoms with Crippen molar-refractivity contribution in [2.45, 2.75) is 19.3 Å². The Hall–Kier alpha value is -2.55. The summed E-state index contributed by atoms with van der Waals surface area (Å²) in [7, 11) is 0. The predicted octanol–water partition coefficient (Wildman–Crippen LogP) is 3.84. The Morgan fingerprint density at radius 1 is 0.810 bits per heavy atom. The number of benzene rings is 2. The minimum atomic E-state index is 0.0452. The molecule has 1 heterocycles. The Labute approximate surface area is 123 Å². The summed E-state index contributed by atoms with van der Waals surface area (Å²) in [6, 6.07) is 15.1. The van der Waals surface area contributed by atoms with Crippen LogP contribution in [0.1, 0.15) is 25.0 Å². The lowest BCUT2D eigenvalue weighted by atomic mass is 9.82. The molecular weight excluding hydrogens is 258 g/mol. The van der Waals surface area contributed by atoms with Crippen molar-refractivity contribution < 1.29 is 0 Å². The van der Waals surface area contributed by atoms with Gasteiger partial charge in [0.2, 0.25) is 0 Å². The number of hydrogen-bond acceptors (Lipinski definition) is 3. The van der Waals surface area contributed by atoms with Crippen molar-refractivity contribution in [3.05, 3.63) is 66.2 Å². The molecule has 3 nitrogen and oxygen atoms in total. The molecule has 0 bridgehead atoms. The molecule has 1 aromatic heterocycles. The average molecular weight is 273 g/mol. The van der Waals surface area contributed by atoms with Crippen LogP contribution in [0, 0.1) is 0 Å². The third kappa shape index (κ3) is 1.70. The molecule has 0 unspecified atom stereocenters. The van der Waals surface area contributed by atoms with Gasteiger partial charge in [-0.1, -0.05) is 50.2 Å². The van der Waals surface area contributed by atoms with E-state index in [0.717, 1.165) is 11.4 Å². The monoisotopic (exact) mass is 273 g/mol. The molecule has 0 spiro atoms. The molecule has 0 saturated carbocycles. The molecule has 3 heteroatoms. The number of rotatable bonds is 1. The zero-order valence-corrected chi connectivity index (χ0v) is 12.0. The van der Waals surface area contributed by atoms with Gasteiger partial charge in [-0.3, -0.25) is 0 Å². The van der Waals surface area contributed by atoms with E-state index in [0.29, 0.717) is 0 Å². The lowest BCUT2D eigenvalue weighted by Gasteiger charge is -2.21. The van der Waals surface area contributed by atoms with Crippen LogP contribution in [0.25, 0.3) is 22.5 Å². The lowest BCUT2D eigenvalue weighted by Crippen LogP contribution is -2.14. The fraction of sp³-hybridized carbons (Fsp3) is 0.167. The fourth-order valence-corrected chi connectivity index (χ4v) is 3.25. The highest BCUT2D eigenvalue weighted by Crippen LogP contribution is 2.49. The van der Waals surface area contributed by atoms with Crippen molar-refractivity contribution in [2.24, 2.45) is 0 Å². The molecule has 21 heavy (non-hydrogen) atoms. The second-order valence-electron chi connectivity index (χ2n) is 5.89. The zero-order valence-electron chi connectivity index (χ0n) is 12.0. The zero-order chi connectivity index (χ0) is 14.4. The van der Waals surface area contributed by atoms with Crippen molar-refractivity contribution in [3.8, 4) is 22.5 Å². The third-order valence-electron chi connectivity index (χ3n) is 4.34. The molecule has 0 saturated heterocycles. The summed E-state index contributed by atoms with van der Waals surface area (Å²) < 4.78 is 0. The van der Waals surface area contributed by atoms with E-state index in [1.807, 2.05) is 0 Å². The summed E-state index contributed by atoms with van der Waals surface area (Å²) in [4.78, 5) is 12.4. The fourth-order valence-electron chi connectivity index (χ4n) is 3.25. The molecule has 2 aromatic carbocycles. The summed E-state index contributed by atoms with van der Waals surface area (Å²) in [6.07, 6.45) is 3.07. The van der Waals surface area contributed by atoms with Gasteiger partial charge in [0.05, 0.1) is 0 Å². The van der Waals surface area contributed by atoms with Crippen LogP contribution in [-0.2, 0) is 5.41 Å². The summed E-state index contributed by atoms with van der Waals surface area (Å²) in [5.41, 5.74) is 6.42. The molecular formula is C18H15N3. The summed E-state index contributed by atoms with van der Waals surface area (Å²) in [6.45, 7) is 4.56. The number of hydrogen-bond donors (Lipinski definition) is 0. The maximum Gasteiger partial charge on any atom is 0.162 e. The van der Waals surface area contributed by atoms with Crippen molar-refractivity contribution in [1.29, 1.82) is 0 Å². The van der Waals surface area contributed by atoms with Crippen LogP contribution in [0.3, 0.4) is 0 Å². The van der Waals surface area contributed by atoms with E-state index in [-0.39, 0.29) is 5.41 Å². The van der Waals surface area contributed by atoms with Gasteiger partial charge in [0.15, 0.2) is 5.82 Å². The van der Waals surface area contributed by atoms with E-state index in [1.54, 1.807) is 0 Å². The smallest absolute Gasteiger partial charge is 0.162 e.